The average molecular weight is 163 g/mol. The maximum Gasteiger partial charge on any atom is 0.0943 e. The number of hydrogen-bond donors (Lipinski definition) is 0. The molecule has 2 unspecified atom stereocenters. The van der Waals surface area contributed by atoms with Gasteiger partial charge in [-0.2, -0.15) is 5.26 Å². The van der Waals surface area contributed by atoms with Crippen LogP contribution in [0.5, 0.6) is 0 Å². The van der Waals surface area contributed by atoms with Crippen LogP contribution in [-0.4, -0.2) is 0 Å². The fraction of sp³-hybridized carbons (Fsp3) is 0.727. The van der Waals surface area contributed by atoms with E-state index in [9.17, 15) is 0 Å². The number of hydrogen-bond acceptors (Lipinski definition) is 1. The molecule has 2 atom stereocenters. The Bertz CT molecular complexity index is 232. The molecule has 0 aliphatic heterocycles. The zero-order valence-electron chi connectivity index (χ0n) is 8.22. The third-order valence-electron chi connectivity index (χ3n) is 2.93. The molecule has 1 rings (SSSR count). The van der Waals surface area contributed by atoms with Crippen molar-refractivity contribution in [2.75, 3.05) is 0 Å². The van der Waals surface area contributed by atoms with E-state index in [1.807, 2.05) is 0 Å². The SMILES string of the molecule is C=C(C#N)C1CC(C)(C)CC1C. The van der Waals surface area contributed by atoms with Crippen LogP contribution in [0.25, 0.3) is 0 Å². The van der Waals surface area contributed by atoms with E-state index in [1.54, 1.807) is 0 Å². The predicted molar refractivity (Wildman–Crippen MR) is 50.4 cm³/mol. The topological polar surface area (TPSA) is 23.8 Å². The first-order valence-electron chi connectivity index (χ1n) is 4.55. The van der Waals surface area contributed by atoms with Gasteiger partial charge in [-0.1, -0.05) is 27.4 Å². The number of nitrogens with zero attached hydrogens (tertiary/aromatic N) is 1. The van der Waals surface area contributed by atoms with Crippen molar-refractivity contribution in [3.05, 3.63) is 12.2 Å². The summed E-state index contributed by atoms with van der Waals surface area (Å²) in [5, 5.41) is 8.73. The summed E-state index contributed by atoms with van der Waals surface area (Å²) in [6, 6.07) is 2.18. The molecule has 12 heavy (non-hydrogen) atoms. The lowest BCUT2D eigenvalue weighted by molar-refractivity contribution is 0.364. The molecular weight excluding hydrogens is 146 g/mol. The van der Waals surface area contributed by atoms with Gasteiger partial charge in [0.05, 0.1) is 6.07 Å². The van der Waals surface area contributed by atoms with Crippen molar-refractivity contribution in [2.24, 2.45) is 17.3 Å². The van der Waals surface area contributed by atoms with Crippen molar-refractivity contribution in [1.82, 2.24) is 0 Å². The molecule has 0 bridgehead atoms. The van der Waals surface area contributed by atoms with Crippen LogP contribution >= 0.6 is 0 Å². The fourth-order valence-corrected chi connectivity index (χ4v) is 2.44. The zero-order chi connectivity index (χ0) is 9.35. The first kappa shape index (κ1) is 9.32. The Morgan fingerprint density at radius 2 is 2.08 bits per heavy atom. The van der Waals surface area contributed by atoms with E-state index in [-0.39, 0.29) is 0 Å². The molecule has 0 heterocycles. The van der Waals surface area contributed by atoms with Crippen LogP contribution in [0, 0.1) is 28.6 Å². The number of rotatable bonds is 1. The third-order valence-corrected chi connectivity index (χ3v) is 2.93. The van der Waals surface area contributed by atoms with Gasteiger partial charge in [0.15, 0.2) is 0 Å². The smallest absolute Gasteiger partial charge is 0.0943 e. The van der Waals surface area contributed by atoms with Crippen LogP contribution in [0.2, 0.25) is 0 Å². The highest BCUT2D eigenvalue weighted by Crippen LogP contribution is 2.47. The molecule has 0 amide bonds. The second kappa shape index (κ2) is 2.94. The van der Waals surface area contributed by atoms with E-state index in [0.717, 1.165) is 12.0 Å². The Hall–Kier alpha value is -0.770. The van der Waals surface area contributed by atoms with E-state index in [1.165, 1.54) is 6.42 Å². The molecule has 1 saturated carbocycles. The van der Waals surface area contributed by atoms with E-state index in [4.69, 9.17) is 5.26 Å². The van der Waals surface area contributed by atoms with E-state index >= 15 is 0 Å². The van der Waals surface area contributed by atoms with Crippen molar-refractivity contribution < 1.29 is 0 Å². The van der Waals surface area contributed by atoms with Crippen LogP contribution < -0.4 is 0 Å². The van der Waals surface area contributed by atoms with Crippen molar-refractivity contribution in [1.29, 1.82) is 5.26 Å². The van der Waals surface area contributed by atoms with Gasteiger partial charge in [-0.25, -0.2) is 0 Å². The molecule has 1 nitrogen and oxygen atoms in total. The Labute approximate surface area is 75.1 Å². The summed E-state index contributed by atoms with van der Waals surface area (Å²) in [5.74, 6) is 1.07. The van der Waals surface area contributed by atoms with Crippen molar-refractivity contribution in [3.63, 3.8) is 0 Å². The molecule has 0 saturated heterocycles. The first-order valence-corrected chi connectivity index (χ1v) is 4.55. The Morgan fingerprint density at radius 1 is 1.50 bits per heavy atom. The van der Waals surface area contributed by atoms with E-state index in [2.05, 4.69) is 33.4 Å². The van der Waals surface area contributed by atoms with Gasteiger partial charge >= 0.3 is 0 Å². The summed E-state index contributed by atoms with van der Waals surface area (Å²) < 4.78 is 0. The number of allylic oxidation sites excluding steroid dienone is 1. The average Bonchev–Trinajstić information content (AvgIpc) is 2.23. The normalized spacial score (nSPS) is 32.8. The lowest BCUT2D eigenvalue weighted by Crippen LogP contribution is -2.06. The Morgan fingerprint density at radius 3 is 2.42 bits per heavy atom. The minimum Gasteiger partial charge on any atom is -0.193 e. The quantitative estimate of drug-likeness (QED) is 0.545. The molecule has 0 spiro atoms. The van der Waals surface area contributed by atoms with Gasteiger partial charge in [0, 0.05) is 5.57 Å². The maximum atomic E-state index is 8.73. The second-order valence-electron chi connectivity index (χ2n) is 4.79. The van der Waals surface area contributed by atoms with Gasteiger partial charge < -0.3 is 0 Å². The summed E-state index contributed by atoms with van der Waals surface area (Å²) in [6.45, 7) is 10.6. The van der Waals surface area contributed by atoms with E-state index < -0.39 is 0 Å². The molecule has 0 aromatic carbocycles. The molecule has 0 aromatic heterocycles. The van der Waals surface area contributed by atoms with Crippen molar-refractivity contribution in [3.8, 4) is 6.07 Å². The van der Waals surface area contributed by atoms with E-state index in [0.29, 0.717) is 17.3 Å². The Kier molecular flexibility index (Phi) is 2.28. The summed E-state index contributed by atoms with van der Waals surface area (Å²) >= 11 is 0. The molecule has 1 heteroatoms. The van der Waals surface area contributed by atoms with Crippen LogP contribution in [0.15, 0.2) is 12.2 Å². The lowest BCUT2D eigenvalue weighted by Gasteiger charge is -2.16. The first-order chi connectivity index (χ1) is 5.46. The van der Waals surface area contributed by atoms with Crippen LogP contribution in [0.3, 0.4) is 0 Å². The monoisotopic (exact) mass is 163 g/mol. The largest absolute Gasteiger partial charge is 0.193 e. The number of nitriles is 1. The minimum absolute atomic E-state index is 0.407. The summed E-state index contributed by atoms with van der Waals surface area (Å²) in [6.07, 6.45) is 2.35. The highest BCUT2D eigenvalue weighted by Gasteiger charge is 2.37. The third kappa shape index (κ3) is 1.69. The van der Waals surface area contributed by atoms with Gasteiger partial charge in [-0.15, -0.1) is 0 Å². The van der Waals surface area contributed by atoms with Crippen molar-refractivity contribution >= 4 is 0 Å². The lowest BCUT2D eigenvalue weighted by atomic mass is 9.89. The second-order valence-corrected chi connectivity index (χ2v) is 4.79. The molecule has 0 N–H and O–H groups in total. The van der Waals surface area contributed by atoms with Crippen LogP contribution in [0.4, 0.5) is 0 Å². The molecular formula is C11H17N. The standard InChI is InChI=1S/C11H17N/c1-8-5-11(3,4)6-10(8)9(2)7-12/h8,10H,2,5-6H2,1,3-4H3. The van der Waals surface area contributed by atoms with Crippen LogP contribution in [-0.2, 0) is 0 Å². The highest BCUT2D eigenvalue weighted by atomic mass is 14.4. The van der Waals surface area contributed by atoms with Crippen molar-refractivity contribution in [2.45, 2.75) is 33.6 Å². The summed E-state index contributed by atoms with van der Waals surface area (Å²) in [4.78, 5) is 0. The summed E-state index contributed by atoms with van der Waals surface area (Å²) in [7, 11) is 0. The zero-order valence-corrected chi connectivity index (χ0v) is 8.22. The molecule has 1 fully saturated rings. The molecule has 0 radical (unpaired) electrons. The summed E-state index contributed by atoms with van der Waals surface area (Å²) in [5.41, 5.74) is 1.18. The Balaban J connectivity index is 2.72. The van der Waals surface area contributed by atoms with Gasteiger partial charge in [-0.3, -0.25) is 0 Å². The fourth-order valence-electron chi connectivity index (χ4n) is 2.44. The van der Waals surface area contributed by atoms with Gasteiger partial charge in [-0.05, 0) is 30.1 Å². The van der Waals surface area contributed by atoms with Gasteiger partial charge in [0.2, 0.25) is 0 Å². The van der Waals surface area contributed by atoms with Gasteiger partial charge in [0.25, 0.3) is 0 Å². The van der Waals surface area contributed by atoms with Gasteiger partial charge in [0.1, 0.15) is 0 Å². The molecule has 1 aliphatic rings. The van der Waals surface area contributed by atoms with Crippen LogP contribution in [0.1, 0.15) is 33.6 Å². The molecule has 1 aliphatic carbocycles. The predicted octanol–water partition coefficient (Wildman–Crippen LogP) is 3.14. The molecule has 0 aromatic rings. The minimum atomic E-state index is 0.407. The maximum absolute atomic E-state index is 8.73. The highest BCUT2D eigenvalue weighted by molar-refractivity contribution is 5.22. The molecule has 66 valence electrons.